The first-order valence-corrected chi connectivity index (χ1v) is 10.5. The second kappa shape index (κ2) is 7.14. The average Bonchev–Trinajstić information content (AvgIpc) is 3.43. The summed E-state index contributed by atoms with van der Waals surface area (Å²) in [6.07, 6.45) is 9.75. The number of methoxy groups -OCH3 is 1. The van der Waals surface area contributed by atoms with Crippen molar-refractivity contribution in [2.24, 2.45) is 0 Å². The third-order valence-corrected chi connectivity index (χ3v) is 6.29. The van der Waals surface area contributed by atoms with Gasteiger partial charge in [-0.15, -0.1) is 6.42 Å². The van der Waals surface area contributed by atoms with Crippen LogP contribution in [0, 0.1) is 18.2 Å². The van der Waals surface area contributed by atoms with Gasteiger partial charge in [0.2, 0.25) is 0 Å². The topological polar surface area (TPSA) is 91.8 Å². The van der Waals surface area contributed by atoms with E-state index < -0.39 is 5.82 Å². The SMILES string of the molecule is C#Cc1nc(-c2ccc3[nH]ncc3c2)c(F)c2nc(OC)nc(N3CC4CCC(C3)N4)c12. The number of terminal acetylenes is 1. The number of hydrogen-bond donors (Lipinski definition) is 2. The van der Waals surface area contributed by atoms with Crippen molar-refractivity contribution in [1.82, 2.24) is 30.5 Å². The molecule has 0 aliphatic carbocycles. The molecule has 2 saturated heterocycles. The van der Waals surface area contributed by atoms with E-state index in [2.05, 4.69) is 41.3 Å². The Kier molecular flexibility index (Phi) is 4.23. The van der Waals surface area contributed by atoms with E-state index in [-0.39, 0.29) is 17.2 Å². The van der Waals surface area contributed by atoms with Crippen LogP contribution in [0.3, 0.4) is 0 Å². The quantitative estimate of drug-likeness (QED) is 0.484. The van der Waals surface area contributed by atoms with Gasteiger partial charge in [0.1, 0.15) is 22.7 Å². The molecule has 4 aromatic rings. The Balaban J connectivity index is 1.59. The van der Waals surface area contributed by atoms with Gasteiger partial charge in [0, 0.05) is 36.1 Å². The number of nitrogens with one attached hydrogen (secondary N) is 2. The summed E-state index contributed by atoms with van der Waals surface area (Å²) >= 11 is 0. The van der Waals surface area contributed by atoms with E-state index in [0.717, 1.165) is 36.8 Å². The van der Waals surface area contributed by atoms with E-state index in [0.29, 0.717) is 34.5 Å². The number of halogens is 1. The lowest BCUT2D eigenvalue weighted by molar-refractivity contribution is 0.380. The maximum Gasteiger partial charge on any atom is 0.318 e. The van der Waals surface area contributed by atoms with Crippen LogP contribution in [-0.2, 0) is 0 Å². The molecular weight excluding hydrogens is 409 g/mol. The lowest BCUT2D eigenvalue weighted by Gasteiger charge is -2.34. The number of pyridine rings is 1. The lowest BCUT2D eigenvalue weighted by Crippen LogP contribution is -2.51. The molecule has 0 spiro atoms. The zero-order valence-corrected chi connectivity index (χ0v) is 17.4. The first kappa shape index (κ1) is 19.0. The standard InChI is InChI=1S/C23H20FN7O/c1-3-16-18-21(19(24)20(27-16)12-4-7-17-13(8-12)9-25-30-17)28-23(32-2)29-22(18)31-10-14-5-6-15(11-31)26-14/h1,4,7-9,14-15,26H,5-6,10-11H2,2H3,(H,25,30). The van der Waals surface area contributed by atoms with Crippen molar-refractivity contribution in [3.05, 3.63) is 35.9 Å². The fraction of sp³-hybridized carbons (Fsp3) is 0.304. The maximum atomic E-state index is 15.9. The molecule has 9 heteroatoms. The highest BCUT2D eigenvalue weighted by molar-refractivity contribution is 5.97. The number of aromatic amines is 1. The van der Waals surface area contributed by atoms with Gasteiger partial charge in [-0.25, -0.2) is 9.37 Å². The predicted octanol–water partition coefficient (Wildman–Crippen LogP) is 2.64. The van der Waals surface area contributed by atoms with Gasteiger partial charge >= 0.3 is 6.01 Å². The maximum absolute atomic E-state index is 15.9. The molecule has 8 nitrogen and oxygen atoms in total. The van der Waals surface area contributed by atoms with E-state index >= 15 is 4.39 Å². The highest BCUT2D eigenvalue weighted by Gasteiger charge is 2.34. The fourth-order valence-corrected chi connectivity index (χ4v) is 4.81. The smallest absolute Gasteiger partial charge is 0.318 e. The van der Waals surface area contributed by atoms with Crippen molar-refractivity contribution in [2.75, 3.05) is 25.1 Å². The number of H-pyrrole nitrogens is 1. The molecule has 6 rings (SSSR count). The van der Waals surface area contributed by atoms with Gasteiger partial charge in [-0.2, -0.15) is 15.1 Å². The first-order chi connectivity index (χ1) is 15.6. The van der Waals surface area contributed by atoms with Gasteiger partial charge in [-0.1, -0.05) is 6.07 Å². The number of ether oxygens (including phenoxy) is 1. The first-order valence-electron chi connectivity index (χ1n) is 10.5. The molecule has 2 aliphatic rings. The summed E-state index contributed by atoms with van der Waals surface area (Å²) in [6, 6.07) is 6.29. The van der Waals surface area contributed by atoms with Gasteiger partial charge in [0.25, 0.3) is 0 Å². The molecule has 2 fully saturated rings. The summed E-state index contributed by atoms with van der Waals surface area (Å²) in [5, 5.41) is 11.8. The Morgan fingerprint density at radius 1 is 1.19 bits per heavy atom. The largest absolute Gasteiger partial charge is 0.467 e. The molecular formula is C23H20FN7O. The summed E-state index contributed by atoms with van der Waals surface area (Å²) in [6.45, 7) is 1.52. The second-order valence-electron chi connectivity index (χ2n) is 8.24. The molecule has 2 N–H and O–H groups in total. The minimum absolute atomic E-state index is 0.0997. The number of piperazine rings is 1. The Bertz CT molecular complexity index is 1400. The number of rotatable bonds is 3. The summed E-state index contributed by atoms with van der Waals surface area (Å²) < 4.78 is 21.2. The third-order valence-electron chi connectivity index (χ3n) is 6.29. The molecule has 0 radical (unpaired) electrons. The monoisotopic (exact) mass is 429 g/mol. The van der Waals surface area contributed by atoms with Gasteiger partial charge in [0.05, 0.1) is 24.2 Å². The number of fused-ring (bicyclic) bond motifs is 4. The molecule has 2 atom stereocenters. The minimum Gasteiger partial charge on any atom is -0.467 e. The molecule has 0 saturated carbocycles. The average molecular weight is 429 g/mol. The second-order valence-corrected chi connectivity index (χ2v) is 8.24. The Morgan fingerprint density at radius 2 is 2.00 bits per heavy atom. The van der Waals surface area contributed by atoms with Crippen molar-refractivity contribution in [3.63, 3.8) is 0 Å². The minimum atomic E-state index is -0.554. The van der Waals surface area contributed by atoms with E-state index in [1.165, 1.54) is 7.11 Å². The van der Waals surface area contributed by atoms with Gasteiger partial charge in [0.15, 0.2) is 5.82 Å². The number of aromatic nitrogens is 5. The van der Waals surface area contributed by atoms with Crippen molar-refractivity contribution in [3.8, 4) is 29.6 Å². The van der Waals surface area contributed by atoms with Crippen LogP contribution in [0.2, 0.25) is 0 Å². The molecule has 2 bridgehead atoms. The Labute approximate surface area is 183 Å². The summed E-state index contributed by atoms with van der Waals surface area (Å²) in [7, 11) is 1.47. The number of anilines is 1. The summed E-state index contributed by atoms with van der Waals surface area (Å²) in [4.78, 5) is 15.6. The number of nitrogens with zero attached hydrogens (tertiary/aromatic N) is 5. The molecule has 2 unspecified atom stereocenters. The number of hydrogen-bond acceptors (Lipinski definition) is 7. The predicted molar refractivity (Wildman–Crippen MR) is 119 cm³/mol. The Morgan fingerprint density at radius 3 is 2.75 bits per heavy atom. The number of benzene rings is 1. The molecule has 2 aliphatic heterocycles. The van der Waals surface area contributed by atoms with Crippen LogP contribution in [0.5, 0.6) is 6.01 Å². The highest BCUT2D eigenvalue weighted by Crippen LogP contribution is 2.36. The lowest BCUT2D eigenvalue weighted by atomic mass is 10.1. The molecule has 32 heavy (non-hydrogen) atoms. The van der Waals surface area contributed by atoms with Crippen molar-refractivity contribution in [1.29, 1.82) is 0 Å². The van der Waals surface area contributed by atoms with Crippen LogP contribution < -0.4 is 15.0 Å². The van der Waals surface area contributed by atoms with E-state index in [1.807, 2.05) is 12.1 Å². The Hall–Kier alpha value is -3.77. The molecule has 0 amide bonds. The van der Waals surface area contributed by atoms with Gasteiger partial charge in [-0.05, 0) is 30.9 Å². The zero-order valence-electron chi connectivity index (χ0n) is 17.4. The summed E-state index contributed by atoms with van der Waals surface area (Å²) in [5.41, 5.74) is 2.01. The van der Waals surface area contributed by atoms with Gasteiger partial charge in [-0.3, -0.25) is 5.10 Å². The zero-order chi connectivity index (χ0) is 21.8. The normalized spacial score (nSPS) is 20.1. The van der Waals surface area contributed by atoms with Crippen LogP contribution in [0.1, 0.15) is 18.5 Å². The molecule has 1 aromatic carbocycles. The van der Waals surface area contributed by atoms with Crippen LogP contribution >= 0.6 is 0 Å². The van der Waals surface area contributed by atoms with Crippen molar-refractivity contribution >= 4 is 27.6 Å². The van der Waals surface area contributed by atoms with Gasteiger partial charge < -0.3 is 15.0 Å². The molecule has 160 valence electrons. The fourth-order valence-electron chi connectivity index (χ4n) is 4.81. The summed E-state index contributed by atoms with van der Waals surface area (Å²) in [5.74, 6) is 2.65. The van der Waals surface area contributed by atoms with Crippen LogP contribution in [-0.4, -0.2) is 57.4 Å². The van der Waals surface area contributed by atoms with Crippen molar-refractivity contribution in [2.45, 2.75) is 24.9 Å². The molecule has 3 aromatic heterocycles. The molecule has 5 heterocycles. The van der Waals surface area contributed by atoms with Crippen LogP contribution in [0.25, 0.3) is 33.1 Å². The van der Waals surface area contributed by atoms with E-state index in [4.69, 9.17) is 11.2 Å². The third kappa shape index (κ3) is 2.87. The van der Waals surface area contributed by atoms with Crippen molar-refractivity contribution < 1.29 is 9.13 Å². The van der Waals surface area contributed by atoms with Crippen LogP contribution in [0.15, 0.2) is 24.4 Å². The van der Waals surface area contributed by atoms with E-state index in [1.54, 1.807) is 12.3 Å². The van der Waals surface area contributed by atoms with Crippen LogP contribution in [0.4, 0.5) is 10.2 Å². The van der Waals surface area contributed by atoms with E-state index in [9.17, 15) is 0 Å². The highest BCUT2D eigenvalue weighted by atomic mass is 19.1.